The van der Waals surface area contributed by atoms with Gasteiger partial charge in [0.2, 0.25) is 0 Å². The van der Waals surface area contributed by atoms with Crippen molar-refractivity contribution in [2.24, 2.45) is 0 Å². The monoisotopic (exact) mass is 450 g/mol. The van der Waals surface area contributed by atoms with Crippen LogP contribution in [0.2, 0.25) is 0 Å². The molecule has 0 aliphatic carbocycles. The molecule has 1 aliphatic rings. The number of nitrogens with zero attached hydrogens (tertiary/aromatic N) is 6. The van der Waals surface area contributed by atoms with Gasteiger partial charge < -0.3 is 14.3 Å². The summed E-state index contributed by atoms with van der Waals surface area (Å²) in [4.78, 5) is 50.5. The molecule has 0 saturated carbocycles. The average molecular weight is 450 g/mol. The van der Waals surface area contributed by atoms with Crippen LogP contribution in [-0.2, 0) is 27.4 Å². The highest BCUT2D eigenvalue weighted by atomic mass is 16.7. The van der Waals surface area contributed by atoms with Gasteiger partial charge in [0.05, 0.1) is 26.3 Å². The molecule has 1 saturated heterocycles. The minimum absolute atomic E-state index is 0.0205. The van der Waals surface area contributed by atoms with Gasteiger partial charge in [-0.3, -0.25) is 18.7 Å². The highest BCUT2D eigenvalue weighted by Gasteiger charge is 2.18. The molecule has 0 atom stereocenters. The van der Waals surface area contributed by atoms with Crippen LogP contribution in [-0.4, -0.2) is 54.9 Å². The Hall–Kier alpha value is -3.83. The first-order chi connectivity index (χ1) is 16.0. The molecule has 5 rings (SSSR count). The molecule has 0 N–H and O–H groups in total. The Morgan fingerprint density at radius 3 is 1.94 bits per heavy atom. The summed E-state index contributed by atoms with van der Waals surface area (Å²) in [6.07, 6.45) is 3.66. The number of carbonyl (C=O) groups excluding carboxylic acids is 1. The molecular weight excluding hydrogens is 428 g/mol. The smallest absolute Gasteiger partial charge is 0.252 e. The van der Waals surface area contributed by atoms with Crippen LogP contribution in [0, 0.1) is 13.8 Å². The van der Waals surface area contributed by atoms with E-state index in [-0.39, 0.29) is 24.0 Å². The zero-order valence-corrected chi connectivity index (χ0v) is 18.2. The fraction of sp³-hybridized carbons (Fsp3) is 0.318. The lowest BCUT2D eigenvalue weighted by molar-refractivity contribution is -0.108. The van der Waals surface area contributed by atoms with E-state index >= 15 is 0 Å². The molecule has 1 aliphatic heterocycles. The Morgan fingerprint density at radius 2 is 1.39 bits per heavy atom. The number of hydrogen-bond donors (Lipinski definition) is 0. The van der Waals surface area contributed by atoms with Gasteiger partial charge in [-0.15, -0.1) is 0 Å². The van der Waals surface area contributed by atoms with Crippen molar-refractivity contribution in [1.82, 2.24) is 29.1 Å². The minimum atomic E-state index is -0.372. The molecule has 0 bridgehead atoms. The summed E-state index contributed by atoms with van der Waals surface area (Å²) in [5.41, 5.74) is 0.781. The number of aryl methyl sites for hydroxylation is 2. The van der Waals surface area contributed by atoms with Crippen molar-refractivity contribution < 1.29 is 14.3 Å². The standard InChI is InChI=1S/C12H13N3O3.C10H9N3O2/c1-8-13-6-9-2-3-10(16)15(12(9)14-8)7-11-17-4-5-18-11;1-7-11-6-8-2-3-9(15)13(4-5-14)10(8)12-7/h2-3,6,11H,4-5,7H2,1H3;2-3,5-6H,4H2,1H3. The summed E-state index contributed by atoms with van der Waals surface area (Å²) in [6, 6.07) is 6.29. The molecule has 0 radical (unpaired) electrons. The highest BCUT2D eigenvalue weighted by molar-refractivity contribution is 5.75. The molecule has 1 fully saturated rings. The Morgan fingerprint density at radius 1 is 0.879 bits per heavy atom. The highest BCUT2D eigenvalue weighted by Crippen LogP contribution is 2.12. The lowest BCUT2D eigenvalue weighted by Crippen LogP contribution is -2.27. The number of hydrogen-bond acceptors (Lipinski definition) is 9. The fourth-order valence-electron chi connectivity index (χ4n) is 3.40. The van der Waals surface area contributed by atoms with E-state index in [0.717, 1.165) is 10.8 Å². The summed E-state index contributed by atoms with van der Waals surface area (Å²) in [5.74, 6) is 1.21. The lowest BCUT2D eigenvalue weighted by Gasteiger charge is -2.13. The maximum atomic E-state index is 11.9. The van der Waals surface area contributed by atoms with Crippen molar-refractivity contribution >= 4 is 28.4 Å². The van der Waals surface area contributed by atoms with E-state index in [1.165, 1.54) is 16.7 Å². The van der Waals surface area contributed by atoms with Crippen LogP contribution in [0.1, 0.15) is 11.6 Å². The Balaban J connectivity index is 0.000000160. The third-order valence-corrected chi connectivity index (χ3v) is 4.97. The van der Waals surface area contributed by atoms with Gasteiger partial charge in [0, 0.05) is 35.3 Å². The van der Waals surface area contributed by atoms with Gasteiger partial charge in [-0.25, -0.2) is 19.9 Å². The predicted octanol–water partition coefficient (Wildman–Crippen LogP) is 0.772. The van der Waals surface area contributed by atoms with Crippen molar-refractivity contribution in [3.05, 3.63) is 69.0 Å². The summed E-state index contributed by atoms with van der Waals surface area (Å²) in [7, 11) is 0. The van der Waals surface area contributed by atoms with Gasteiger partial charge in [-0.2, -0.15) is 0 Å². The number of pyridine rings is 2. The zero-order valence-electron chi connectivity index (χ0n) is 18.2. The molecule has 11 heteroatoms. The second-order valence-corrected chi connectivity index (χ2v) is 7.29. The van der Waals surface area contributed by atoms with Crippen LogP contribution in [0.4, 0.5) is 0 Å². The topological polar surface area (TPSA) is 131 Å². The normalized spacial score (nSPS) is 13.8. The minimum Gasteiger partial charge on any atom is -0.348 e. The van der Waals surface area contributed by atoms with Gasteiger partial charge in [0.15, 0.2) is 6.29 Å². The van der Waals surface area contributed by atoms with E-state index in [0.29, 0.717) is 49.0 Å². The summed E-state index contributed by atoms with van der Waals surface area (Å²) in [5, 5.41) is 1.58. The van der Waals surface area contributed by atoms with Crippen LogP contribution in [0.25, 0.3) is 22.1 Å². The predicted molar refractivity (Wildman–Crippen MR) is 119 cm³/mol. The van der Waals surface area contributed by atoms with Crippen LogP contribution >= 0.6 is 0 Å². The van der Waals surface area contributed by atoms with Gasteiger partial charge >= 0.3 is 0 Å². The Kier molecular flexibility index (Phi) is 6.61. The number of aromatic nitrogens is 6. The molecule has 0 spiro atoms. The second-order valence-electron chi connectivity index (χ2n) is 7.29. The molecule has 0 amide bonds. The molecule has 4 aromatic heterocycles. The molecule has 33 heavy (non-hydrogen) atoms. The Labute approximate surface area is 187 Å². The van der Waals surface area contributed by atoms with Crippen molar-refractivity contribution in [2.45, 2.75) is 33.2 Å². The van der Waals surface area contributed by atoms with Crippen LogP contribution in [0.3, 0.4) is 0 Å². The molecular formula is C22H22N6O5. The SMILES string of the molecule is Cc1ncc2ccc(=O)n(CC3OCCO3)c2n1.Cc1ncc2ccc(=O)n(CC=O)c2n1. The van der Waals surface area contributed by atoms with E-state index in [9.17, 15) is 14.4 Å². The van der Waals surface area contributed by atoms with Gasteiger partial charge in [-0.1, -0.05) is 0 Å². The number of aldehydes is 1. The maximum absolute atomic E-state index is 11.9. The summed E-state index contributed by atoms with van der Waals surface area (Å²) < 4.78 is 13.6. The first-order valence-electron chi connectivity index (χ1n) is 10.3. The zero-order chi connectivity index (χ0) is 23.4. The third-order valence-electron chi connectivity index (χ3n) is 4.97. The van der Waals surface area contributed by atoms with Crippen LogP contribution < -0.4 is 11.1 Å². The van der Waals surface area contributed by atoms with Crippen molar-refractivity contribution in [3.8, 4) is 0 Å². The summed E-state index contributed by atoms with van der Waals surface area (Å²) in [6.45, 7) is 5.04. The lowest BCUT2D eigenvalue weighted by atomic mass is 10.3. The number of ether oxygens (including phenoxy) is 2. The van der Waals surface area contributed by atoms with Gasteiger partial charge in [-0.05, 0) is 26.0 Å². The average Bonchev–Trinajstić information content (AvgIpc) is 3.32. The molecule has 4 aromatic rings. The molecule has 0 unspecified atom stereocenters. The van der Waals surface area contributed by atoms with Crippen molar-refractivity contribution in [3.63, 3.8) is 0 Å². The molecule has 0 aromatic carbocycles. The van der Waals surface area contributed by atoms with E-state index in [2.05, 4.69) is 19.9 Å². The van der Waals surface area contributed by atoms with Crippen molar-refractivity contribution in [1.29, 1.82) is 0 Å². The van der Waals surface area contributed by atoms with Gasteiger partial charge in [0.1, 0.15) is 29.2 Å². The largest absolute Gasteiger partial charge is 0.348 e. The van der Waals surface area contributed by atoms with E-state index in [1.807, 2.05) is 0 Å². The molecule has 5 heterocycles. The molecule has 170 valence electrons. The molecule has 11 nitrogen and oxygen atoms in total. The maximum Gasteiger partial charge on any atom is 0.252 e. The quantitative estimate of drug-likeness (QED) is 0.414. The van der Waals surface area contributed by atoms with Crippen LogP contribution in [0.15, 0.2) is 46.2 Å². The number of fused-ring (bicyclic) bond motifs is 2. The van der Waals surface area contributed by atoms with Crippen LogP contribution in [0.5, 0.6) is 0 Å². The van der Waals surface area contributed by atoms with E-state index in [4.69, 9.17) is 9.47 Å². The van der Waals surface area contributed by atoms with E-state index in [1.54, 1.807) is 42.9 Å². The number of carbonyl (C=O) groups is 1. The fourth-order valence-corrected chi connectivity index (χ4v) is 3.40. The van der Waals surface area contributed by atoms with Crippen molar-refractivity contribution in [2.75, 3.05) is 13.2 Å². The first kappa shape index (κ1) is 22.4. The Bertz CT molecular complexity index is 1420. The van der Waals surface area contributed by atoms with Gasteiger partial charge in [0.25, 0.3) is 11.1 Å². The third kappa shape index (κ3) is 4.99. The van der Waals surface area contributed by atoms with E-state index < -0.39 is 0 Å². The number of rotatable bonds is 4. The second kappa shape index (κ2) is 9.76. The first-order valence-corrected chi connectivity index (χ1v) is 10.3. The summed E-state index contributed by atoms with van der Waals surface area (Å²) >= 11 is 0.